The summed E-state index contributed by atoms with van der Waals surface area (Å²) in [4.78, 5) is 12.9. The molecule has 0 radical (unpaired) electrons. The minimum absolute atomic E-state index is 0.270. The lowest BCUT2D eigenvalue weighted by Crippen LogP contribution is -2.21. The number of likely N-dealkylation sites (N-methyl/N-ethyl adjacent to an activating group) is 1. The van der Waals surface area contributed by atoms with Crippen LogP contribution in [0.15, 0.2) is 18.2 Å². The van der Waals surface area contributed by atoms with Crippen molar-refractivity contribution in [2.45, 2.75) is 19.3 Å². The van der Waals surface area contributed by atoms with Crippen molar-refractivity contribution in [2.24, 2.45) is 0 Å². The summed E-state index contributed by atoms with van der Waals surface area (Å²) in [5.74, 6) is 0.270. The monoisotopic (exact) mass is 223 g/mol. The number of anilines is 1. The molecule has 1 heterocycles. The predicted octanol–water partition coefficient (Wildman–Crippen LogP) is 2.85. The summed E-state index contributed by atoms with van der Waals surface area (Å²) in [5.41, 5.74) is 2.34. The number of aldehydes is 1. The van der Waals surface area contributed by atoms with Crippen LogP contribution >= 0.6 is 11.6 Å². The van der Waals surface area contributed by atoms with Crippen LogP contribution in [-0.4, -0.2) is 19.4 Å². The van der Waals surface area contributed by atoms with Gasteiger partial charge in [0.25, 0.3) is 0 Å². The molecule has 1 aliphatic heterocycles. The van der Waals surface area contributed by atoms with Crippen molar-refractivity contribution in [1.29, 1.82) is 0 Å². The molecule has 0 fully saturated rings. The molecular formula is C12H14ClNO. The van der Waals surface area contributed by atoms with Crippen molar-refractivity contribution >= 4 is 23.6 Å². The van der Waals surface area contributed by atoms with Crippen LogP contribution in [0.3, 0.4) is 0 Å². The molecule has 15 heavy (non-hydrogen) atoms. The highest BCUT2D eigenvalue weighted by atomic mass is 35.5. The van der Waals surface area contributed by atoms with Crippen LogP contribution in [0, 0.1) is 0 Å². The second-order valence-corrected chi connectivity index (χ2v) is 4.22. The van der Waals surface area contributed by atoms with Gasteiger partial charge in [-0.25, -0.2) is 0 Å². The Kier molecular flexibility index (Phi) is 2.96. The minimum atomic E-state index is 0.270. The van der Waals surface area contributed by atoms with Crippen LogP contribution < -0.4 is 4.90 Å². The van der Waals surface area contributed by atoms with Gasteiger partial charge in [-0.15, -0.1) is 0 Å². The van der Waals surface area contributed by atoms with Gasteiger partial charge >= 0.3 is 0 Å². The Morgan fingerprint density at radius 2 is 2.40 bits per heavy atom. The molecule has 0 saturated carbocycles. The van der Waals surface area contributed by atoms with Crippen LogP contribution in [-0.2, 0) is 4.79 Å². The molecule has 0 aromatic heterocycles. The second-order valence-electron chi connectivity index (χ2n) is 3.81. The molecule has 80 valence electrons. The number of halogens is 1. The smallest absolute Gasteiger partial charge is 0.120 e. The zero-order valence-electron chi connectivity index (χ0n) is 8.74. The Morgan fingerprint density at radius 1 is 1.60 bits per heavy atom. The van der Waals surface area contributed by atoms with Crippen molar-refractivity contribution in [3.05, 3.63) is 28.8 Å². The van der Waals surface area contributed by atoms with Gasteiger partial charge in [0.05, 0.1) is 0 Å². The maximum absolute atomic E-state index is 10.6. The Bertz CT molecular complexity index is 378. The van der Waals surface area contributed by atoms with E-state index >= 15 is 0 Å². The van der Waals surface area contributed by atoms with E-state index in [1.54, 1.807) is 0 Å². The largest absolute Gasteiger partial charge is 0.371 e. The van der Waals surface area contributed by atoms with E-state index in [0.717, 1.165) is 30.0 Å². The summed E-state index contributed by atoms with van der Waals surface area (Å²) in [7, 11) is 0. The third-order valence-electron chi connectivity index (χ3n) is 2.98. The SMILES string of the molecule is CCN1CC(CC=O)c2c(Cl)cccc21. The molecule has 0 aliphatic carbocycles. The molecule has 2 nitrogen and oxygen atoms in total. The van der Waals surface area contributed by atoms with Gasteiger partial charge in [-0.05, 0) is 24.6 Å². The summed E-state index contributed by atoms with van der Waals surface area (Å²) < 4.78 is 0. The summed E-state index contributed by atoms with van der Waals surface area (Å²) in [6, 6.07) is 5.94. The number of hydrogen-bond donors (Lipinski definition) is 0. The number of hydrogen-bond acceptors (Lipinski definition) is 2. The molecular weight excluding hydrogens is 210 g/mol. The summed E-state index contributed by atoms with van der Waals surface area (Å²) in [6.07, 6.45) is 1.55. The van der Waals surface area contributed by atoms with Crippen LogP contribution in [0.5, 0.6) is 0 Å². The minimum Gasteiger partial charge on any atom is -0.371 e. The van der Waals surface area contributed by atoms with Gasteiger partial charge < -0.3 is 9.69 Å². The molecule has 0 spiro atoms. The van der Waals surface area contributed by atoms with E-state index in [9.17, 15) is 4.79 Å². The third kappa shape index (κ3) is 1.74. The molecule has 0 bridgehead atoms. The Morgan fingerprint density at radius 3 is 3.07 bits per heavy atom. The highest BCUT2D eigenvalue weighted by Crippen LogP contribution is 2.41. The van der Waals surface area contributed by atoms with E-state index in [2.05, 4.69) is 17.9 Å². The zero-order valence-corrected chi connectivity index (χ0v) is 9.50. The molecule has 0 saturated heterocycles. The lowest BCUT2D eigenvalue weighted by molar-refractivity contribution is -0.108. The molecule has 1 atom stereocenters. The molecule has 2 rings (SSSR count). The standard InChI is InChI=1S/C12H14ClNO/c1-2-14-8-9(6-7-15)12-10(13)4-3-5-11(12)14/h3-5,7,9H,2,6,8H2,1H3. The molecule has 0 amide bonds. The van der Waals surface area contributed by atoms with Gasteiger partial charge in [0.1, 0.15) is 6.29 Å². The number of rotatable bonds is 3. The van der Waals surface area contributed by atoms with E-state index in [-0.39, 0.29) is 5.92 Å². The number of carbonyl (C=O) groups excluding carboxylic acids is 1. The van der Waals surface area contributed by atoms with Gasteiger partial charge in [0.15, 0.2) is 0 Å². The van der Waals surface area contributed by atoms with Crippen molar-refractivity contribution in [1.82, 2.24) is 0 Å². The summed E-state index contributed by atoms with van der Waals surface area (Å²) in [6.45, 7) is 3.99. The van der Waals surface area contributed by atoms with E-state index in [0.29, 0.717) is 6.42 Å². The lowest BCUT2D eigenvalue weighted by atomic mass is 9.99. The average Bonchev–Trinajstić information content (AvgIpc) is 2.59. The van der Waals surface area contributed by atoms with E-state index < -0.39 is 0 Å². The van der Waals surface area contributed by atoms with Gasteiger partial charge in [-0.2, -0.15) is 0 Å². The van der Waals surface area contributed by atoms with Crippen LogP contribution in [0.4, 0.5) is 5.69 Å². The number of benzene rings is 1. The molecule has 1 aromatic rings. The van der Waals surface area contributed by atoms with Crippen LogP contribution in [0.2, 0.25) is 5.02 Å². The number of carbonyl (C=O) groups is 1. The Labute approximate surface area is 94.8 Å². The Balaban J connectivity index is 2.43. The lowest BCUT2D eigenvalue weighted by Gasteiger charge is -2.16. The number of fused-ring (bicyclic) bond motifs is 1. The van der Waals surface area contributed by atoms with Crippen molar-refractivity contribution in [3.63, 3.8) is 0 Å². The molecule has 0 N–H and O–H groups in total. The highest BCUT2D eigenvalue weighted by molar-refractivity contribution is 6.32. The first-order valence-corrected chi connectivity index (χ1v) is 5.62. The van der Waals surface area contributed by atoms with Gasteiger partial charge in [0, 0.05) is 36.1 Å². The van der Waals surface area contributed by atoms with Gasteiger partial charge in [-0.1, -0.05) is 17.7 Å². The maximum Gasteiger partial charge on any atom is 0.120 e. The first-order valence-electron chi connectivity index (χ1n) is 5.25. The zero-order chi connectivity index (χ0) is 10.8. The summed E-state index contributed by atoms with van der Waals surface area (Å²) >= 11 is 6.18. The van der Waals surface area contributed by atoms with Crippen molar-refractivity contribution in [2.75, 3.05) is 18.0 Å². The highest BCUT2D eigenvalue weighted by Gasteiger charge is 2.29. The van der Waals surface area contributed by atoms with E-state index in [1.165, 1.54) is 5.69 Å². The van der Waals surface area contributed by atoms with Crippen LogP contribution in [0.1, 0.15) is 24.8 Å². The fraction of sp³-hybridized carbons (Fsp3) is 0.417. The number of nitrogens with zero attached hydrogens (tertiary/aromatic N) is 1. The van der Waals surface area contributed by atoms with Gasteiger partial charge in [0.2, 0.25) is 0 Å². The maximum atomic E-state index is 10.6. The molecule has 3 heteroatoms. The normalized spacial score (nSPS) is 19.1. The fourth-order valence-electron chi connectivity index (χ4n) is 2.27. The summed E-state index contributed by atoms with van der Waals surface area (Å²) in [5, 5.41) is 0.787. The predicted molar refractivity (Wildman–Crippen MR) is 62.8 cm³/mol. The molecule has 1 aromatic carbocycles. The quantitative estimate of drug-likeness (QED) is 0.735. The Hall–Kier alpha value is -1.02. The molecule has 1 unspecified atom stereocenters. The van der Waals surface area contributed by atoms with Crippen molar-refractivity contribution in [3.8, 4) is 0 Å². The van der Waals surface area contributed by atoms with E-state index in [4.69, 9.17) is 11.6 Å². The average molecular weight is 224 g/mol. The first-order chi connectivity index (χ1) is 7.27. The molecule has 1 aliphatic rings. The third-order valence-corrected chi connectivity index (χ3v) is 3.31. The van der Waals surface area contributed by atoms with Gasteiger partial charge in [-0.3, -0.25) is 0 Å². The fourth-order valence-corrected chi connectivity index (χ4v) is 2.59. The van der Waals surface area contributed by atoms with Crippen molar-refractivity contribution < 1.29 is 4.79 Å². The first kappa shape index (κ1) is 10.5. The second kappa shape index (κ2) is 4.23. The topological polar surface area (TPSA) is 20.3 Å². The van der Waals surface area contributed by atoms with Crippen LogP contribution in [0.25, 0.3) is 0 Å². The van der Waals surface area contributed by atoms with E-state index in [1.807, 2.05) is 12.1 Å².